The second kappa shape index (κ2) is 12.2. The number of aliphatic hydroxyl groups is 1. The average molecular weight is 545 g/mol. The van der Waals surface area contributed by atoms with Gasteiger partial charge < -0.3 is 28.8 Å². The minimum Gasteiger partial charge on any atom is -0.494 e. The van der Waals surface area contributed by atoms with Crippen LogP contribution in [0.2, 0.25) is 5.15 Å². The number of ether oxygens (including phenoxy) is 5. The van der Waals surface area contributed by atoms with Crippen molar-refractivity contribution in [2.24, 2.45) is 0 Å². The predicted molar refractivity (Wildman–Crippen MR) is 135 cm³/mol. The van der Waals surface area contributed by atoms with Gasteiger partial charge in [-0.2, -0.15) is 0 Å². The lowest BCUT2D eigenvalue weighted by molar-refractivity contribution is -0.153. The number of fused-ring (bicyclic) bond motifs is 2. The van der Waals surface area contributed by atoms with Crippen molar-refractivity contribution in [3.05, 3.63) is 60.3 Å². The van der Waals surface area contributed by atoms with E-state index in [9.17, 15) is 9.90 Å². The second-order valence-corrected chi connectivity index (χ2v) is 9.33. The molecule has 4 heterocycles. The van der Waals surface area contributed by atoms with Crippen LogP contribution in [0.15, 0.2) is 49.6 Å². The van der Waals surface area contributed by atoms with E-state index in [4.69, 9.17) is 35.3 Å². The first-order valence-electron chi connectivity index (χ1n) is 12.5. The molecule has 0 saturated carbocycles. The quantitative estimate of drug-likeness (QED) is 0.156. The fraction of sp³-hybridized carbons (Fsp3) is 0.462. The third-order valence-corrected chi connectivity index (χ3v) is 6.70. The summed E-state index contributed by atoms with van der Waals surface area (Å²) < 4.78 is 31.0. The van der Waals surface area contributed by atoms with Gasteiger partial charge in [0.25, 0.3) is 0 Å². The van der Waals surface area contributed by atoms with Crippen LogP contribution in [0.4, 0.5) is 0 Å². The monoisotopic (exact) mass is 544 g/mol. The standard InChI is InChI=1S/C26H29ClN4O7/c1-2-11-35-19(33)6-4-3-5-12-34-17-9-7-16(8-10-17)26-37-21-18(13-32)36-25(22(21)38-26)31-15-30-20-23(27)28-14-29-24(20)31/h2,7-10,14-15,18,21-22,25-26,32H,1,3-6,11-13H2/t18-,21?,22?,25-,26?/m1/s1. The van der Waals surface area contributed by atoms with Crippen molar-refractivity contribution in [2.45, 2.75) is 56.5 Å². The Hall–Kier alpha value is -3.09. The number of nitrogens with zero attached hydrogens (tertiary/aromatic N) is 4. The molecule has 2 aliphatic rings. The highest BCUT2D eigenvalue weighted by Gasteiger charge is 2.53. The Kier molecular flexibility index (Phi) is 8.50. The van der Waals surface area contributed by atoms with E-state index in [1.165, 1.54) is 6.33 Å². The highest BCUT2D eigenvalue weighted by Crippen LogP contribution is 2.44. The number of hydrogen-bond donors (Lipinski definition) is 1. The molecule has 2 fully saturated rings. The summed E-state index contributed by atoms with van der Waals surface area (Å²) in [6.07, 6.45) is 4.56. The number of carbonyl (C=O) groups is 1. The van der Waals surface area contributed by atoms with Gasteiger partial charge in [0.1, 0.15) is 42.5 Å². The fourth-order valence-electron chi connectivity index (χ4n) is 4.56. The highest BCUT2D eigenvalue weighted by atomic mass is 35.5. The normalized spacial score (nSPS) is 24.4. The second-order valence-electron chi connectivity index (χ2n) is 8.97. The van der Waals surface area contributed by atoms with E-state index >= 15 is 0 Å². The Balaban J connectivity index is 1.15. The molecule has 0 aliphatic carbocycles. The van der Waals surface area contributed by atoms with E-state index in [0.29, 0.717) is 24.2 Å². The molecule has 0 spiro atoms. The summed E-state index contributed by atoms with van der Waals surface area (Å²) in [7, 11) is 0. The van der Waals surface area contributed by atoms with Gasteiger partial charge in [-0.1, -0.05) is 36.4 Å². The van der Waals surface area contributed by atoms with E-state index in [-0.39, 0.29) is 24.3 Å². The van der Waals surface area contributed by atoms with Gasteiger partial charge in [0.15, 0.2) is 23.3 Å². The number of unbranched alkanes of at least 4 members (excludes halogenated alkanes) is 2. The maximum Gasteiger partial charge on any atom is 0.306 e. The Labute approximate surface area is 224 Å². The zero-order chi connectivity index (χ0) is 26.5. The van der Waals surface area contributed by atoms with Gasteiger partial charge in [-0.3, -0.25) is 9.36 Å². The Morgan fingerprint density at radius 1 is 1.11 bits per heavy atom. The lowest BCUT2D eigenvalue weighted by Crippen LogP contribution is -2.30. The van der Waals surface area contributed by atoms with Crippen LogP contribution in [0.1, 0.15) is 43.8 Å². The molecule has 5 rings (SSSR count). The van der Waals surface area contributed by atoms with Crippen molar-refractivity contribution in [2.75, 3.05) is 19.8 Å². The van der Waals surface area contributed by atoms with Crippen LogP contribution < -0.4 is 4.74 Å². The number of imidazole rings is 1. The Bertz CT molecular complexity index is 1250. The molecule has 38 heavy (non-hydrogen) atoms. The third-order valence-electron chi connectivity index (χ3n) is 6.42. The third kappa shape index (κ3) is 5.67. The summed E-state index contributed by atoms with van der Waals surface area (Å²) in [6.45, 7) is 4.09. The SMILES string of the molecule is C=CCOC(=O)CCCCCOc1ccc(C2OC3C(O2)[C@@H](CO)O[C@H]3n2cnc3c(Cl)ncnc32)cc1. The van der Waals surface area contributed by atoms with Gasteiger partial charge >= 0.3 is 5.97 Å². The van der Waals surface area contributed by atoms with E-state index in [1.54, 1.807) is 17.0 Å². The smallest absolute Gasteiger partial charge is 0.306 e. The lowest BCUT2D eigenvalue weighted by Gasteiger charge is -2.21. The van der Waals surface area contributed by atoms with Crippen LogP contribution in [0.5, 0.6) is 5.75 Å². The van der Waals surface area contributed by atoms with Gasteiger partial charge in [-0.25, -0.2) is 15.0 Å². The molecule has 11 nitrogen and oxygen atoms in total. The summed E-state index contributed by atoms with van der Waals surface area (Å²) in [6, 6.07) is 7.51. The molecule has 5 atom stereocenters. The van der Waals surface area contributed by atoms with Crippen LogP contribution >= 0.6 is 11.6 Å². The molecule has 2 saturated heterocycles. The first-order chi connectivity index (χ1) is 18.6. The van der Waals surface area contributed by atoms with Crippen molar-refractivity contribution in [3.8, 4) is 5.75 Å². The van der Waals surface area contributed by atoms with Crippen molar-refractivity contribution in [3.63, 3.8) is 0 Å². The number of benzene rings is 1. The van der Waals surface area contributed by atoms with Crippen molar-refractivity contribution >= 4 is 28.7 Å². The molecule has 3 unspecified atom stereocenters. The molecule has 1 N–H and O–H groups in total. The van der Waals surface area contributed by atoms with Gasteiger partial charge in [0.05, 0.1) is 19.5 Å². The van der Waals surface area contributed by atoms with Gasteiger partial charge in [-0.05, 0) is 31.4 Å². The number of aromatic nitrogens is 4. The number of aliphatic hydroxyl groups excluding tert-OH is 1. The molecular formula is C26H29ClN4O7. The first kappa shape index (κ1) is 26.5. The summed E-state index contributed by atoms with van der Waals surface area (Å²) in [5, 5.41) is 10.1. The number of carbonyl (C=O) groups excluding carboxylic acids is 1. The highest BCUT2D eigenvalue weighted by molar-refractivity contribution is 6.33. The first-order valence-corrected chi connectivity index (χ1v) is 12.9. The molecule has 12 heteroatoms. The van der Waals surface area contributed by atoms with Crippen molar-refractivity contribution in [1.29, 1.82) is 0 Å². The molecule has 1 aromatic carbocycles. The van der Waals surface area contributed by atoms with Crippen LogP contribution in [-0.4, -0.2) is 68.7 Å². The molecule has 202 valence electrons. The molecule has 3 aromatic rings. The van der Waals surface area contributed by atoms with Gasteiger partial charge in [0, 0.05) is 12.0 Å². The largest absolute Gasteiger partial charge is 0.494 e. The van der Waals surface area contributed by atoms with E-state index in [0.717, 1.165) is 30.6 Å². The maximum absolute atomic E-state index is 11.5. The maximum atomic E-state index is 11.5. The Morgan fingerprint density at radius 3 is 2.71 bits per heavy atom. The Morgan fingerprint density at radius 2 is 1.92 bits per heavy atom. The van der Waals surface area contributed by atoms with Crippen molar-refractivity contribution in [1.82, 2.24) is 19.5 Å². The molecule has 2 aromatic heterocycles. The summed E-state index contributed by atoms with van der Waals surface area (Å²) in [4.78, 5) is 24.0. The lowest BCUT2D eigenvalue weighted by atomic mass is 10.1. The number of hydrogen-bond acceptors (Lipinski definition) is 10. The molecule has 0 bridgehead atoms. The van der Waals surface area contributed by atoms with Gasteiger partial charge in [0.2, 0.25) is 0 Å². The zero-order valence-electron chi connectivity index (χ0n) is 20.6. The van der Waals surface area contributed by atoms with E-state index in [2.05, 4.69) is 21.5 Å². The van der Waals surface area contributed by atoms with Crippen LogP contribution in [0, 0.1) is 0 Å². The number of esters is 1. The topological polar surface area (TPSA) is 127 Å². The van der Waals surface area contributed by atoms with E-state index in [1.807, 2.05) is 24.3 Å². The minimum absolute atomic E-state index is 0.207. The van der Waals surface area contributed by atoms with Crippen LogP contribution in [0.3, 0.4) is 0 Å². The molecule has 2 aliphatic heterocycles. The summed E-state index contributed by atoms with van der Waals surface area (Å²) in [5.41, 5.74) is 1.79. The predicted octanol–water partition coefficient (Wildman–Crippen LogP) is 3.52. The van der Waals surface area contributed by atoms with Crippen LogP contribution in [-0.2, 0) is 23.7 Å². The summed E-state index contributed by atoms with van der Waals surface area (Å²) >= 11 is 6.15. The number of halogens is 1. The van der Waals surface area contributed by atoms with Crippen molar-refractivity contribution < 1.29 is 33.6 Å². The minimum atomic E-state index is -0.631. The average Bonchev–Trinajstić information content (AvgIpc) is 3.64. The number of rotatable bonds is 12. The fourth-order valence-corrected chi connectivity index (χ4v) is 4.73. The molecule has 0 radical (unpaired) electrons. The molecular weight excluding hydrogens is 516 g/mol. The van der Waals surface area contributed by atoms with Gasteiger partial charge in [-0.15, -0.1) is 0 Å². The molecule has 0 amide bonds. The van der Waals surface area contributed by atoms with Crippen LogP contribution in [0.25, 0.3) is 11.2 Å². The zero-order valence-corrected chi connectivity index (χ0v) is 21.4. The van der Waals surface area contributed by atoms with E-state index < -0.39 is 30.8 Å². The summed E-state index contributed by atoms with van der Waals surface area (Å²) in [5.74, 6) is 0.523.